The van der Waals surface area contributed by atoms with E-state index in [-0.39, 0.29) is 0 Å². The van der Waals surface area contributed by atoms with Crippen LogP contribution in [0.1, 0.15) is 35.3 Å². The van der Waals surface area contributed by atoms with Crippen molar-refractivity contribution >= 4 is 0 Å². The summed E-state index contributed by atoms with van der Waals surface area (Å²) in [5.41, 5.74) is 4.84. The van der Waals surface area contributed by atoms with E-state index < -0.39 is 0 Å². The van der Waals surface area contributed by atoms with E-state index >= 15 is 0 Å². The lowest BCUT2D eigenvalue weighted by molar-refractivity contribution is 0.410. The Balaban J connectivity index is 1.95. The highest BCUT2D eigenvalue weighted by molar-refractivity contribution is 5.36. The van der Waals surface area contributed by atoms with E-state index in [1.807, 2.05) is 18.2 Å². The van der Waals surface area contributed by atoms with Crippen LogP contribution in [0, 0.1) is 0 Å². The second-order valence-electron chi connectivity index (χ2n) is 5.28. The number of para-hydroxylation sites is 1. The Bertz CT molecular complexity index is 623. The van der Waals surface area contributed by atoms with Crippen molar-refractivity contribution in [1.29, 1.82) is 0 Å². The maximum Gasteiger partial charge on any atom is 0.133 e. The van der Waals surface area contributed by atoms with Crippen LogP contribution >= 0.6 is 0 Å². The van der Waals surface area contributed by atoms with Gasteiger partial charge in [-0.05, 0) is 31.0 Å². The molecular formula is C17H21N3O. The molecule has 0 fully saturated rings. The Hall–Kier alpha value is -1.94. The molecule has 110 valence electrons. The van der Waals surface area contributed by atoms with Gasteiger partial charge >= 0.3 is 0 Å². The Labute approximate surface area is 125 Å². The fraction of sp³-hybridized carbons (Fsp3) is 0.412. The molecule has 0 aliphatic carbocycles. The van der Waals surface area contributed by atoms with Crippen molar-refractivity contribution in [3.63, 3.8) is 0 Å². The smallest absolute Gasteiger partial charge is 0.133 e. The average molecular weight is 283 g/mol. The first kappa shape index (κ1) is 14.0. The van der Waals surface area contributed by atoms with E-state index in [0.717, 1.165) is 48.8 Å². The van der Waals surface area contributed by atoms with E-state index in [2.05, 4.69) is 18.3 Å². The molecule has 0 amide bonds. The summed E-state index contributed by atoms with van der Waals surface area (Å²) in [4.78, 5) is 9.54. The summed E-state index contributed by atoms with van der Waals surface area (Å²) in [5.74, 6) is 1.79. The molecule has 21 heavy (non-hydrogen) atoms. The molecule has 3 rings (SSSR count). The van der Waals surface area contributed by atoms with Crippen molar-refractivity contribution in [2.24, 2.45) is 0 Å². The highest BCUT2D eigenvalue weighted by atomic mass is 16.5. The number of hydrogen-bond acceptors (Lipinski definition) is 4. The zero-order valence-corrected chi connectivity index (χ0v) is 12.6. The number of nitrogens with one attached hydrogen (secondary N) is 1. The van der Waals surface area contributed by atoms with Crippen LogP contribution in [0.3, 0.4) is 0 Å². The standard InChI is InChI=1S/C17H21N3O/c1-3-14-13-8-9-18-11-15(13)20-17(19-14)10-12-6-4-5-7-16(12)21-2/h4-7,18H,3,8-11H2,1-2H3. The fourth-order valence-corrected chi connectivity index (χ4v) is 2.88. The van der Waals surface area contributed by atoms with E-state index in [0.29, 0.717) is 6.42 Å². The van der Waals surface area contributed by atoms with Crippen molar-refractivity contribution in [2.75, 3.05) is 13.7 Å². The fourth-order valence-electron chi connectivity index (χ4n) is 2.88. The van der Waals surface area contributed by atoms with Crippen LogP contribution in [0.25, 0.3) is 0 Å². The number of methoxy groups -OCH3 is 1. The first-order valence-corrected chi connectivity index (χ1v) is 7.52. The normalized spacial score (nSPS) is 13.8. The van der Waals surface area contributed by atoms with E-state index in [4.69, 9.17) is 14.7 Å². The predicted molar refractivity (Wildman–Crippen MR) is 82.6 cm³/mol. The average Bonchev–Trinajstić information content (AvgIpc) is 2.54. The van der Waals surface area contributed by atoms with Crippen molar-refractivity contribution < 1.29 is 4.74 Å². The van der Waals surface area contributed by atoms with Crippen LogP contribution in [0.5, 0.6) is 5.75 Å². The minimum atomic E-state index is 0.713. The number of aryl methyl sites for hydroxylation is 1. The molecule has 0 radical (unpaired) electrons. The monoisotopic (exact) mass is 283 g/mol. The number of benzene rings is 1. The van der Waals surface area contributed by atoms with Crippen molar-refractivity contribution in [3.8, 4) is 5.75 Å². The van der Waals surface area contributed by atoms with Crippen LogP contribution in [-0.4, -0.2) is 23.6 Å². The number of aromatic nitrogens is 2. The van der Waals surface area contributed by atoms with Gasteiger partial charge in [0, 0.05) is 24.2 Å². The summed E-state index contributed by atoms with van der Waals surface area (Å²) in [6, 6.07) is 8.07. The van der Waals surface area contributed by atoms with Gasteiger partial charge in [0.2, 0.25) is 0 Å². The number of ether oxygens (including phenoxy) is 1. The van der Waals surface area contributed by atoms with Gasteiger partial charge in [0.25, 0.3) is 0 Å². The van der Waals surface area contributed by atoms with Gasteiger partial charge in [-0.3, -0.25) is 0 Å². The topological polar surface area (TPSA) is 47.0 Å². The van der Waals surface area contributed by atoms with Crippen LogP contribution in [-0.2, 0) is 25.8 Å². The molecule has 0 saturated heterocycles. The number of nitrogens with zero attached hydrogens (tertiary/aromatic N) is 2. The first-order valence-electron chi connectivity index (χ1n) is 7.52. The molecular weight excluding hydrogens is 262 g/mol. The maximum absolute atomic E-state index is 5.42. The van der Waals surface area contributed by atoms with Crippen LogP contribution < -0.4 is 10.1 Å². The summed E-state index contributed by atoms with van der Waals surface area (Å²) >= 11 is 0. The van der Waals surface area contributed by atoms with Gasteiger partial charge in [-0.25, -0.2) is 9.97 Å². The van der Waals surface area contributed by atoms with Crippen molar-refractivity contribution in [1.82, 2.24) is 15.3 Å². The molecule has 1 aromatic heterocycles. The predicted octanol–water partition coefficient (Wildman–Crippen LogP) is 2.28. The van der Waals surface area contributed by atoms with Gasteiger partial charge in [0.15, 0.2) is 0 Å². The molecule has 0 atom stereocenters. The molecule has 0 spiro atoms. The minimum Gasteiger partial charge on any atom is -0.496 e. The Morgan fingerprint density at radius 3 is 2.90 bits per heavy atom. The van der Waals surface area contributed by atoms with Crippen molar-refractivity contribution in [3.05, 3.63) is 52.6 Å². The summed E-state index contributed by atoms with van der Waals surface area (Å²) < 4.78 is 5.42. The van der Waals surface area contributed by atoms with Crippen LogP contribution in [0.2, 0.25) is 0 Å². The largest absolute Gasteiger partial charge is 0.496 e. The second-order valence-corrected chi connectivity index (χ2v) is 5.28. The molecule has 1 aliphatic rings. The molecule has 0 unspecified atom stereocenters. The lowest BCUT2D eigenvalue weighted by atomic mass is 10.0. The van der Waals surface area contributed by atoms with E-state index in [1.165, 1.54) is 11.3 Å². The zero-order chi connectivity index (χ0) is 14.7. The third-order valence-corrected chi connectivity index (χ3v) is 3.94. The molecule has 0 saturated carbocycles. The van der Waals surface area contributed by atoms with Gasteiger partial charge in [-0.2, -0.15) is 0 Å². The van der Waals surface area contributed by atoms with Gasteiger partial charge in [0.05, 0.1) is 12.8 Å². The molecule has 2 aromatic rings. The molecule has 4 nitrogen and oxygen atoms in total. The van der Waals surface area contributed by atoms with Gasteiger partial charge in [0.1, 0.15) is 11.6 Å². The van der Waals surface area contributed by atoms with Crippen molar-refractivity contribution in [2.45, 2.75) is 32.7 Å². The maximum atomic E-state index is 5.42. The summed E-state index contributed by atoms with van der Waals surface area (Å²) in [5, 5.41) is 3.39. The summed E-state index contributed by atoms with van der Waals surface area (Å²) in [6.45, 7) is 4.04. The molecule has 1 aliphatic heterocycles. The Morgan fingerprint density at radius 2 is 2.10 bits per heavy atom. The quantitative estimate of drug-likeness (QED) is 0.935. The SMILES string of the molecule is CCc1nc(Cc2ccccc2OC)nc2c1CCNC2. The Kier molecular flexibility index (Phi) is 4.15. The highest BCUT2D eigenvalue weighted by Crippen LogP contribution is 2.22. The molecule has 4 heteroatoms. The zero-order valence-electron chi connectivity index (χ0n) is 12.6. The third-order valence-electron chi connectivity index (χ3n) is 3.94. The first-order chi connectivity index (χ1) is 10.3. The van der Waals surface area contributed by atoms with Crippen LogP contribution in [0.15, 0.2) is 24.3 Å². The summed E-state index contributed by atoms with van der Waals surface area (Å²) in [7, 11) is 1.70. The summed E-state index contributed by atoms with van der Waals surface area (Å²) in [6.07, 6.45) is 2.71. The van der Waals surface area contributed by atoms with E-state index in [9.17, 15) is 0 Å². The van der Waals surface area contributed by atoms with Crippen LogP contribution in [0.4, 0.5) is 0 Å². The Morgan fingerprint density at radius 1 is 1.24 bits per heavy atom. The number of hydrogen-bond donors (Lipinski definition) is 1. The van der Waals surface area contributed by atoms with Gasteiger partial charge < -0.3 is 10.1 Å². The lowest BCUT2D eigenvalue weighted by Crippen LogP contribution is -2.27. The molecule has 2 heterocycles. The third kappa shape index (κ3) is 2.90. The van der Waals surface area contributed by atoms with E-state index in [1.54, 1.807) is 7.11 Å². The lowest BCUT2D eigenvalue weighted by Gasteiger charge is -2.19. The van der Waals surface area contributed by atoms with Gasteiger partial charge in [-0.15, -0.1) is 0 Å². The highest BCUT2D eigenvalue weighted by Gasteiger charge is 2.17. The molecule has 1 aromatic carbocycles. The number of rotatable bonds is 4. The van der Waals surface area contributed by atoms with Gasteiger partial charge in [-0.1, -0.05) is 25.1 Å². The molecule has 0 bridgehead atoms. The second kappa shape index (κ2) is 6.22. The number of fused-ring (bicyclic) bond motifs is 1. The molecule has 1 N–H and O–H groups in total. The minimum absolute atomic E-state index is 0.713.